The van der Waals surface area contributed by atoms with E-state index in [0.717, 1.165) is 12.3 Å². The second kappa shape index (κ2) is 8.80. The van der Waals surface area contributed by atoms with E-state index >= 15 is 0 Å². The average Bonchev–Trinajstić information content (AvgIpc) is 3.22. The van der Waals surface area contributed by atoms with E-state index in [4.69, 9.17) is 9.15 Å². The van der Waals surface area contributed by atoms with Crippen molar-refractivity contribution in [1.82, 2.24) is 0 Å². The monoisotopic (exact) mass is 477 g/mol. The Labute approximate surface area is 179 Å². The van der Waals surface area contributed by atoms with Gasteiger partial charge in [0.15, 0.2) is 23.3 Å². The van der Waals surface area contributed by atoms with Crippen LogP contribution in [-0.4, -0.2) is 18.2 Å². The highest BCUT2D eigenvalue weighted by Crippen LogP contribution is 2.38. The molecule has 0 amide bonds. The lowest BCUT2D eigenvalue weighted by molar-refractivity contribution is -0.384. The second-order valence-electron chi connectivity index (χ2n) is 6.22. The van der Waals surface area contributed by atoms with Crippen LogP contribution in [0.5, 0.6) is 5.75 Å². The SMILES string of the molecule is COc1ccc([N+](=O)[O-])cc1-c1ccc(/C=N/Nc2c(F)c(F)c(C(F)(F)F)c(F)c2F)o1. The lowest BCUT2D eigenvalue weighted by Crippen LogP contribution is -2.16. The van der Waals surface area contributed by atoms with Crippen molar-refractivity contribution in [2.75, 3.05) is 12.5 Å². The molecule has 0 aliphatic carbocycles. The number of nitrogens with one attached hydrogen (secondary N) is 1. The van der Waals surface area contributed by atoms with E-state index in [2.05, 4.69) is 5.10 Å². The lowest BCUT2D eigenvalue weighted by Gasteiger charge is -2.13. The fourth-order valence-electron chi connectivity index (χ4n) is 2.71. The van der Waals surface area contributed by atoms with Crippen LogP contribution in [0, 0.1) is 33.4 Å². The Kier molecular flexibility index (Phi) is 6.28. The number of hydrazone groups is 1. The van der Waals surface area contributed by atoms with Crippen molar-refractivity contribution < 1.29 is 44.8 Å². The Morgan fingerprint density at radius 1 is 1.06 bits per heavy atom. The molecule has 0 atom stereocenters. The summed E-state index contributed by atoms with van der Waals surface area (Å²) in [5, 5.41) is 14.3. The number of halogens is 7. The molecule has 0 unspecified atom stereocenters. The summed E-state index contributed by atoms with van der Waals surface area (Å²) in [5.74, 6) is -9.76. The Morgan fingerprint density at radius 2 is 1.70 bits per heavy atom. The Balaban J connectivity index is 1.89. The zero-order chi connectivity index (χ0) is 24.5. The van der Waals surface area contributed by atoms with Crippen molar-refractivity contribution in [2.45, 2.75) is 6.18 Å². The summed E-state index contributed by atoms with van der Waals surface area (Å²) < 4.78 is 103. The van der Waals surface area contributed by atoms with Crippen molar-refractivity contribution >= 4 is 17.6 Å². The number of non-ortho nitro benzene ring substituents is 1. The number of ether oxygens (including phenoxy) is 1. The van der Waals surface area contributed by atoms with Crippen molar-refractivity contribution in [3.8, 4) is 17.1 Å². The van der Waals surface area contributed by atoms with Gasteiger partial charge < -0.3 is 9.15 Å². The Hall–Kier alpha value is -4.10. The van der Waals surface area contributed by atoms with Gasteiger partial charge in [-0.05, 0) is 18.2 Å². The summed E-state index contributed by atoms with van der Waals surface area (Å²) in [4.78, 5) is 10.3. The number of furan rings is 1. The number of benzene rings is 2. The van der Waals surface area contributed by atoms with Gasteiger partial charge in [0.1, 0.15) is 28.5 Å². The van der Waals surface area contributed by atoms with Gasteiger partial charge in [0.05, 0.1) is 23.8 Å². The molecule has 0 aliphatic rings. The number of hydrogen-bond acceptors (Lipinski definition) is 6. The first-order valence-electron chi connectivity index (χ1n) is 8.60. The molecule has 0 fully saturated rings. The largest absolute Gasteiger partial charge is 0.496 e. The van der Waals surface area contributed by atoms with E-state index < -0.39 is 45.6 Å². The van der Waals surface area contributed by atoms with Gasteiger partial charge in [-0.3, -0.25) is 15.5 Å². The number of nitro benzene ring substituents is 1. The van der Waals surface area contributed by atoms with E-state index in [-0.39, 0.29) is 28.5 Å². The van der Waals surface area contributed by atoms with Crippen LogP contribution < -0.4 is 10.2 Å². The molecule has 0 spiro atoms. The summed E-state index contributed by atoms with van der Waals surface area (Å²) in [6.45, 7) is 0. The lowest BCUT2D eigenvalue weighted by atomic mass is 10.1. The minimum Gasteiger partial charge on any atom is -0.496 e. The van der Waals surface area contributed by atoms with Crippen LogP contribution in [0.3, 0.4) is 0 Å². The van der Waals surface area contributed by atoms with Crippen molar-refractivity contribution in [3.05, 3.63) is 75.0 Å². The summed E-state index contributed by atoms with van der Waals surface area (Å²) >= 11 is 0. The molecule has 0 bridgehead atoms. The van der Waals surface area contributed by atoms with Crippen LogP contribution in [0.2, 0.25) is 0 Å². The number of rotatable bonds is 6. The number of alkyl halides is 3. The fourth-order valence-corrected chi connectivity index (χ4v) is 2.71. The van der Waals surface area contributed by atoms with Gasteiger partial charge >= 0.3 is 6.18 Å². The molecule has 2 aromatic carbocycles. The van der Waals surface area contributed by atoms with Crippen molar-refractivity contribution in [1.29, 1.82) is 0 Å². The molecule has 1 N–H and O–H groups in total. The zero-order valence-corrected chi connectivity index (χ0v) is 16.1. The van der Waals surface area contributed by atoms with Gasteiger partial charge in [0.25, 0.3) is 5.69 Å². The molecule has 3 rings (SSSR count). The maximum atomic E-state index is 13.9. The molecule has 0 radical (unpaired) electrons. The van der Waals surface area contributed by atoms with Crippen LogP contribution >= 0.6 is 0 Å². The number of methoxy groups -OCH3 is 1. The number of anilines is 1. The molecule has 1 heterocycles. The summed E-state index contributed by atoms with van der Waals surface area (Å²) in [5.41, 5.74) is -2.81. The Bertz CT molecular complexity index is 1230. The van der Waals surface area contributed by atoms with Gasteiger partial charge in [0, 0.05) is 12.1 Å². The first-order chi connectivity index (χ1) is 15.5. The molecular formula is C19H10F7N3O4. The van der Waals surface area contributed by atoms with Crippen LogP contribution in [0.25, 0.3) is 11.3 Å². The average molecular weight is 477 g/mol. The van der Waals surface area contributed by atoms with Gasteiger partial charge in [0.2, 0.25) is 0 Å². The van der Waals surface area contributed by atoms with E-state index in [9.17, 15) is 40.8 Å². The highest BCUT2D eigenvalue weighted by atomic mass is 19.4. The highest BCUT2D eigenvalue weighted by molar-refractivity contribution is 5.79. The standard InChI is InChI=1S/C19H10F7N3O4/c1-32-11-4-2-8(29(30)31)6-10(11)12-5-3-9(33-12)7-27-28-18-16(22)14(20)13(19(24,25)26)15(21)17(18)23/h2-7,28H,1H3/b27-7+. The third kappa shape index (κ3) is 4.58. The molecular weight excluding hydrogens is 467 g/mol. The van der Waals surface area contributed by atoms with Crippen LogP contribution in [0.4, 0.5) is 42.1 Å². The number of nitrogens with zero attached hydrogens (tertiary/aromatic N) is 2. The summed E-state index contributed by atoms with van der Waals surface area (Å²) in [7, 11) is 1.31. The second-order valence-corrected chi connectivity index (χ2v) is 6.22. The van der Waals surface area contributed by atoms with E-state index in [1.165, 1.54) is 31.4 Å². The predicted molar refractivity (Wildman–Crippen MR) is 99.8 cm³/mol. The van der Waals surface area contributed by atoms with E-state index in [0.29, 0.717) is 0 Å². The molecule has 0 saturated carbocycles. The minimum atomic E-state index is -5.67. The van der Waals surface area contributed by atoms with Crippen LogP contribution in [0.15, 0.2) is 39.9 Å². The molecule has 14 heteroatoms. The first-order valence-corrected chi connectivity index (χ1v) is 8.60. The molecule has 174 valence electrons. The summed E-state index contributed by atoms with van der Waals surface area (Å²) in [6, 6.07) is 6.31. The predicted octanol–water partition coefficient (Wildman–Crippen LogP) is 5.88. The van der Waals surface area contributed by atoms with Crippen LogP contribution in [-0.2, 0) is 6.18 Å². The number of hydrogen-bond donors (Lipinski definition) is 1. The topological polar surface area (TPSA) is 89.9 Å². The third-order valence-electron chi connectivity index (χ3n) is 4.20. The first kappa shape index (κ1) is 23.6. The van der Waals surface area contributed by atoms with Gasteiger partial charge in [-0.25, -0.2) is 17.6 Å². The normalized spacial score (nSPS) is 11.8. The third-order valence-corrected chi connectivity index (χ3v) is 4.20. The maximum Gasteiger partial charge on any atom is 0.422 e. The van der Waals surface area contributed by atoms with Gasteiger partial charge in [-0.1, -0.05) is 0 Å². The molecule has 3 aromatic rings. The maximum absolute atomic E-state index is 13.9. The summed E-state index contributed by atoms with van der Waals surface area (Å²) in [6.07, 6.45) is -4.88. The molecule has 7 nitrogen and oxygen atoms in total. The molecule has 1 aromatic heterocycles. The molecule has 0 saturated heterocycles. The van der Waals surface area contributed by atoms with E-state index in [1.54, 1.807) is 5.43 Å². The smallest absolute Gasteiger partial charge is 0.422 e. The quantitative estimate of drug-likeness (QED) is 0.157. The Morgan fingerprint density at radius 3 is 2.24 bits per heavy atom. The fraction of sp³-hybridized carbons (Fsp3) is 0.105. The van der Waals surface area contributed by atoms with Gasteiger partial charge in [-0.2, -0.15) is 18.3 Å². The van der Waals surface area contributed by atoms with E-state index in [1.807, 2.05) is 0 Å². The molecule has 0 aliphatic heterocycles. The minimum absolute atomic E-state index is 0.0704. The van der Waals surface area contributed by atoms with Crippen molar-refractivity contribution in [3.63, 3.8) is 0 Å². The van der Waals surface area contributed by atoms with Crippen LogP contribution in [0.1, 0.15) is 11.3 Å². The molecule has 33 heavy (non-hydrogen) atoms. The highest BCUT2D eigenvalue weighted by Gasteiger charge is 2.42. The number of nitro groups is 1. The van der Waals surface area contributed by atoms with Crippen molar-refractivity contribution in [2.24, 2.45) is 5.10 Å². The zero-order valence-electron chi connectivity index (χ0n) is 16.1. The van der Waals surface area contributed by atoms with Gasteiger partial charge in [-0.15, -0.1) is 0 Å².